The van der Waals surface area contributed by atoms with Gasteiger partial charge in [0.25, 0.3) is 0 Å². The van der Waals surface area contributed by atoms with Crippen LogP contribution in [0.15, 0.2) is 65.1 Å². The molecular formula is C24H23FN6OS2. The molecule has 1 aliphatic heterocycles. The summed E-state index contributed by atoms with van der Waals surface area (Å²) in [7, 11) is 0. The number of hydrogen-bond donors (Lipinski definition) is 1. The summed E-state index contributed by atoms with van der Waals surface area (Å²) in [5, 5.41) is 14.7. The third kappa shape index (κ3) is 5.35. The van der Waals surface area contributed by atoms with Gasteiger partial charge in [-0.3, -0.25) is 14.3 Å². The molecule has 1 saturated heterocycles. The highest BCUT2D eigenvalue weighted by Gasteiger charge is 2.20. The van der Waals surface area contributed by atoms with Crippen LogP contribution in [-0.2, 0) is 11.3 Å². The number of benzene rings is 2. The molecule has 1 amide bonds. The van der Waals surface area contributed by atoms with Gasteiger partial charge in [0.1, 0.15) is 5.82 Å². The molecule has 5 rings (SSSR count). The van der Waals surface area contributed by atoms with Crippen molar-refractivity contribution in [2.45, 2.75) is 24.5 Å². The summed E-state index contributed by atoms with van der Waals surface area (Å²) in [5.74, 6) is 0.588. The van der Waals surface area contributed by atoms with Crippen molar-refractivity contribution >= 4 is 34.1 Å². The van der Waals surface area contributed by atoms with Crippen LogP contribution in [0.25, 0.3) is 16.9 Å². The Hall–Kier alpha value is -3.08. The van der Waals surface area contributed by atoms with E-state index in [0.717, 1.165) is 36.7 Å². The van der Waals surface area contributed by atoms with Gasteiger partial charge in [-0.05, 0) is 62.3 Å². The van der Waals surface area contributed by atoms with Gasteiger partial charge in [-0.1, -0.05) is 30.0 Å². The predicted octanol–water partition coefficient (Wildman–Crippen LogP) is 4.86. The van der Waals surface area contributed by atoms with Crippen LogP contribution in [0, 0.1) is 5.82 Å². The molecule has 1 fully saturated rings. The fourth-order valence-electron chi connectivity index (χ4n) is 3.84. The van der Waals surface area contributed by atoms with E-state index in [1.807, 2.05) is 40.3 Å². The summed E-state index contributed by atoms with van der Waals surface area (Å²) in [4.78, 5) is 19.5. The molecule has 4 aromatic rings. The minimum atomic E-state index is -0.295. The van der Waals surface area contributed by atoms with Crippen LogP contribution in [0.1, 0.15) is 18.7 Å². The molecule has 3 heterocycles. The molecule has 7 nitrogen and oxygen atoms in total. The molecule has 0 saturated carbocycles. The zero-order valence-electron chi connectivity index (χ0n) is 18.4. The Morgan fingerprint density at radius 2 is 1.82 bits per heavy atom. The summed E-state index contributed by atoms with van der Waals surface area (Å²) >= 11 is 2.68. The van der Waals surface area contributed by atoms with E-state index in [0.29, 0.717) is 16.0 Å². The standard InChI is InChI=1S/C24H23FN6OS2/c25-18-10-8-17(9-11-18)20-15-33-23(26-20)27-22(32)16-34-24-29-28-21(14-30-12-4-5-13-30)31(24)19-6-2-1-3-7-19/h1-3,6-11,15H,4-5,12-14,16H2,(H,26,27,32). The number of likely N-dealkylation sites (tertiary alicyclic amines) is 1. The number of para-hydroxylation sites is 1. The van der Waals surface area contributed by atoms with E-state index in [-0.39, 0.29) is 17.5 Å². The van der Waals surface area contributed by atoms with Gasteiger partial charge in [0, 0.05) is 16.6 Å². The second kappa shape index (κ2) is 10.5. The second-order valence-corrected chi connectivity index (χ2v) is 9.74. The molecule has 10 heteroatoms. The number of carbonyl (C=O) groups excluding carboxylic acids is 1. The van der Waals surface area contributed by atoms with Gasteiger partial charge in [-0.2, -0.15) is 0 Å². The number of carbonyl (C=O) groups is 1. The number of nitrogens with zero attached hydrogens (tertiary/aromatic N) is 5. The molecule has 0 atom stereocenters. The van der Waals surface area contributed by atoms with Crippen molar-refractivity contribution in [1.29, 1.82) is 0 Å². The maximum Gasteiger partial charge on any atom is 0.236 e. The Labute approximate surface area is 205 Å². The maximum atomic E-state index is 13.2. The SMILES string of the molecule is O=C(CSc1nnc(CN2CCCC2)n1-c1ccccc1)Nc1nc(-c2ccc(F)cc2)cs1. The van der Waals surface area contributed by atoms with Gasteiger partial charge in [0.2, 0.25) is 5.91 Å². The average Bonchev–Trinajstić information content (AvgIpc) is 3.61. The molecule has 0 unspecified atom stereocenters. The van der Waals surface area contributed by atoms with Crippen molar-refractivity contribution in [3.05, 3.63) is 71.6 Å². The molecule has 34 heavy (non-hydrogen) atoms. The molecule has 2 aromatic carbocycles. The zero-order valence-corrected chi connectivity index (χ0v) is 20.0. The fourth-order valence-corrected chi connectivity index (χ4v) is 5.35. The van der Waals surface area contributed by atoms with Gasteiger partial charge in [0.05, 0.1) is 18.0 Å². The van der Waals surface area contributed by atoms with E-state index in [2.05, 4.69) is 25.4 Å². The van der Waals surface area contributed by atoms with E-state index in [9.17, 15) is 9.18 Å². The maximum absolute atomic E-state index is 13.2. The van der Waals surface area contributed by atoms with Crippen molar-refractivity contribution in [1.82, 2.24) is 24.6 Å². The lowest BCUT2D eigenvalue weighted by atomic mass is 10.2. The Morgan fingerprint density at radius 3 is 2.59 bits per heavy atom. The lowest BCUT2D eigenvalue weighted by Gasteiger charge is -2.15. The van der Waals surface area contributed by atoms with Crippen LogP contribution in [0.3, 0.4) is 0 Å². The molecule has 0 radical (unpaired) electrons. The van der Waals surface area contributed by atoms with Gasteiger partial charge in [-0.25, -0.2) is 9.37 Å². The lowest BCUT2D eigenvalue weighted by molar-refractivity contribution is -0.113. The molecule has 2 aromatic heterocycles. The summed E-state index contributed by atoms with van der Waals surface area (Å²) in [5.41, 5.74) is 2.48. The number of rotatable bonds is 8. The van der Waals surface area contributed by atoms with Gasteiger partial charge < -0.3 is 5.32 Å². The Bertz CT molecular complexity index is 1250. The molecule has 0 spiro atoms. The molecule has 174 valence electrons. The number of nitrogens with one attached hydrogen (secondary N) is 1. The van der Waals surface area contributed by atoms with Crippen molar-refractivity contribution in [2.75, 3.05) is 24.2 Å². The third-order valence-electron chi connectivity index (χ3n) is 5.50. The summed E-state index contributed by atoms with van der Waals surface area (Å²) in [6.45, 7) is 2.88. The highest BCUT2D eigenvalue weighted by molar-refractivity contribution is 7.99. The van der Waals surface area contributed by atoms with Crippen LogP contribution in [0.5, 0.6) is 0 Å². The molecule has 0 aliphatic carbocycles. The average molecular weight is 495 g/mol. The fraction of sp³-hybridized carbons (Fsp3) is 0.250. The monoisotopic (exact) mass is 494 g/mol. The molecular weight excluding hydrogens is 471 g/mol. The quantitative estimate of drug-likeness (QED) is 0.353. The second-order valence-electron chi connectivity index (χ2n) is 7.93. The first kappa shape index (κ1) is 22.7. The van der Waals surface area contributed by atoms with Gasteiger partial charge >= 0.3 is 0 Å². The summed E-state index contributed by atoms with van der Waals surface area (Å²) in [6, 6.07) is 16.1. The first-order chi connectivity index (χ1) is 16.7. The highest BCUT2D eigenvalue weighted by Crippen LogP contribution is 2.27. The van der Waals surface area contributed by atoms with Crippen molar-refractivity contribution < 1.29 is 9.18 Å². The predicted molar refractivity (Wildman–Crippen MR) is 133 cm³/mol. The van der Waals surface area contributed by atoms with Gasteiger partial charge in [0.15, 0.2) is 16.1 Å². The topological polar surface area (TPSA) is 75.9 Å². The summed E-state index contributed by atoms with van der Waals surface area (Å²) < 4.78 is 15.2. The lowest BCUT2D eigenvalue weighted by Crippen LogP contribution is -2.21. The third-order valence-corrected chi connectivity index (χ3v) is 7.19. The van der Waals surface area contributed by atoms with Gasteiger partial charge in [-0.15, -0.1) is 21.5 Å². The Kier molecular flexibility index (Phi) is 6.98. The van der Waals surface area contributed by atoms with Crippen molar-refractivity contribution in [3.8, 4) is 16.9 Å². The zero-order chi connectivity index (χ0) is 23.3. The first-order valence-electron chi connectivity index (χ1n) is 11.0. The normalized spacial score (nSPS) is 13.9. The van der Waals surface area contributed by atoms with Crippen LogP contribution in [0.4, 0.5) is 9.52 Å². The number of amides is 1. The van der Waals surface area contributed by atoms with Crippen LogP contribution >= 0.6 is 23.1 Å². The number of thioether (sulfide) groups is 1. The largest absolute Gasteiger partial charge is 0.301 e. The minimum Gasteiger partial charge on any atom is -0.301 e. The minimum absolute atomic E-state index is 0.172. The van der Waals surface area contributed by atoms with E-state index in [1.54, 1.807) is 12.1 Å². The van der Waals surface area contributed by atoms with E-state index in [4.69, 9.17) is 0 Å². The van der Waals surface area contributed by atoms with E-state index >= 15 is 0 Å². The van der Waals surface area contributed by atoms with Crippen molar-refractivity contribution in [2.24, 2.45) is 0 Å². The molecule has 1 N–H and O–H groups in total. The van der Waals surface area contributed by atoms with E-state index < -0.39 is 0 Å². The number of thiazole rings is 1. The van der Waals surface area contributed by atoms with Crippen molar-refractivity contribution in [3.63, 3.8) is 0 Å². The summed E-state index contributed by atoms with van der Waals surface area (Å²) in [6.07, 6.45) is 2.42. The molecule has 0 bridgehead atoms. The molecule has 1 aliphatic rings. The number of aromatic nitrogens is 4. The number of hydrogen-bond acceptors (Lipinski definition) is 7. The number of anilines is 1. The van der Waals surface area contributed by atoms with Crippen LogP contribution in [-0.4, -0.2) is 49.4 Å². The number of halogens is 1. The smallest absolute Gasteiger partial charge is 0.236 e. The first-order valence-corrected chi connectivity index (χ1v) is 12.9. The van der Waals surface area contributed by atoms with Crippen LogP contribution in [0.2, 0.25) is 0 Å². The van der Waals surface area contributed by atoms with Crippen LogP contribution < -0.4 is 5.32 Å². The van der Waals surface area contributed by atoms with E-state index in [1.165, 1.54) is 48.1 Å². The Morgan fingerprint density at radius 1 is 1.06 bits per heavy atom. The Balaban J connectivity index is 1.26. The highest BCUT2D eigenvalue weighted by atomic mass is 32.2.